The fourth-order valence-corrected chi connectivity index (χ4v) is 3.40. The molecule has 148 valence electrons. The third-order valence-electron chi connectivity index (χ3n) is 5.47. The third kappa shape index (κ3) is 6.08. The lowest BCUT2D eigenvalue weighted by molar-refractivity contribution is -0.144. The lowest BCUT2D eigenvalue weighted by Crippen LogP contribution is -2.49. The largest absolute Gasteiger partial charge is 0.480 e. The molecule has 1 aliphatic rings. The summed E-state index contributed by atoms with van der Waals surface area (Å²) in [6, 6.07) is 9.06. The van der Waals surface area contributed by atoms with Gasteiger partial charge in [-0.3, -0.25) is 9.59 Å². The van der Waals surface area contributed by atoms with Gasteiger partial charge in [-0.2, -0.15) is 0 Å². The number of rotatable bonds is 8. The summed E-state index contributed by atoms with van der Waals surface area (Å²) in [5.74, 6) is -1.44. The van der Waals surface area contributed by atoms with Crippen molar-refractivity contribution in [3.63, 3.8) is 0 Å². The second-order valence-corrected chi connectivity index (χ2v) is 7.35. The number of amides is 2. The average molecular weight is 374 g/mol. The zero-order valence-electron chi connectivity index (χ0n) is 16.2. The molecule has 1 saturated heterocycles. The molecule has 1 aromatic rings. The molecule has 2 amide bonds. The van der Waals surface area contributed by atoms with Crippen LogP contribution in [0.1, 0.15) is 45.1 Å². The number of hydrogen-bond donors (Lipinski definition) is 2. The number of nitrogens with one attached hydrogen (secondary N) is 1. The van der Waals surface area contributed by atoms with E-state index >= 15 is 0 Å². The molecule has 2 unspecified atom stereocenters. The Kier molecular flexibility index (Phi) is 7.82. The van der Waals surface area contributed by atoms with Crippen LogP contribution in [0.3, 0.4) is 0 Å². The van der Waals surface area contributed by atoms with Crippen LogP contribution in [0.4, 0.5) is 0 Å². The topological polar surface area (TPSA) is 86.7 Å². The molecule has 6 nitrogen and oxygen atoms in total. The summed E-state index contributed by atoms with van der Waals surface area (Å²) in [5.41, 5.74) is 1.14. The number of hydrogen-bond acceptors (Lipinski definition) is 3. The average Bonchev–Trinajstić information content (AvgIpc) is 2.70. The highest BCUT2D eigenvalue weighted by Crippen LogP contribution is 2.20. The standard InChI is InChI=1S/C21H30N2O4/c1-3-15(2)19(21(26)27)22-20(25)17-11-13-23(14-12-17)18(24)10-9-16-7-5-4-6-8-16/h4-8,15,17,19H,3,9-14H2,1-2H3,(H,22,25)(H,26,27). The van der Waals surface area contributed by atoms with Gasteiger partial charge in [0.25, 0.3) is 0 Å². The number of aryl methyl sites for hydroxylation is 1. The minimum Gasteiger partial charge on any atom is -0.480 e. The highest BCUT2D eigenvalue weighted by atomic mass is 16.4. The molecule has 1 aromatic carbocycles. The number of carbonyl (C=O) groups is 3. The Balaban J connectivity index is 1.79. The van der Waals surface area contributed by atoms with Crippen molar-refractivity contribution >= 4 is 17.8 Å². The van der Waals surface area contributed by atoms with Crippen molar-refractivity contribution in [1.29, 1.82) is 0 Å². The molecule has 0 saturated carbocycles. The fourth-order valence-electron chi connectivity index (χ4n) is 3.40. The second-order valence-electron chi connectivity index (χ2n) is 7.35. The van der Waals surface area contributed by atoms with E-state index in [1.807, 2.05) is 49.1 Å². The summed E-state index contributed by atoms with van der Waals surface area (Å²) >= 11 is 0. The Morgan fingerprint density at radius 1 is 1.19 bits per heavy atom. The minimum absolute atomic E-state index is 0.112. The Bertz CT molecular complexity index is 639. The van der Waals surface area contributed by atoms with Gasteiger partial charge in [-0.1, -0.05) is 50.6 Å². The van der Waals surface area contributed by atoms with E-state index in [0.717, 1.165) is 12.0 Å². The molecule has 2 N–H and O–H groups in total. The van der Waals surface area contributed by atoms with Gasteiger partial charge in [-0.05, 0) is 30.7 Å². The van der Waals surface area contributed by atoms with Crippen LogP contribution in [0.15, 0.2) is 30.3 Å². The smallest absolute Gasteiger partial charge is 0.326 e. The molecule has 2 rings (SSSR count). The Morgan fingerprint density at radius 3 is 2.37 bits per heavy atom. The summed E-state index contributed by atoms with van der Waals surface area (Å²) < 4.78 is 0. The molecule has 0 spiro atoms. The lowest BCUT2D eigenvalue weighted by atomic mass is 9.93. The first-order valence-corrected chi connectivity index (χ1v) is 9.77. The SMILES string of the molecule is CCC(C)C(NC(=O)C1CCN(C(=O)CCc2ccccc2)CC1)C(=O)O. The van der Waals surface area contributed by atoms with Gasteiger partial charge in [0.2, 0.25) is 11.8 Å². The molecule has 0 aromatic heterocycles. The number of piperidine rings is 1. The number of carbonyl (C=O) groups excluding carboxylic acids is 2. The quantitative estimate of drug-likeness (QED) is 0.732. The normalized spacial score (nSPS) is 17.2. The predicted octanol–water partition coefficient (Wildman–Crippen LogP) is 2.47. The second kappa shape index (κ2) is 10.1. The summed E-state index contributed by atoms with van der Waals surface area (Å²) in [4.78, 5) is 38.0. The molecule has 0 bridgehead atoms. The van der Waals surface area contributed by atoms with Crippen LogP contribution in [0.2, 0.25) is 0 Å². The van der Waals surface area contributed by atoms with Crippen LogP contribution in [0, 0.1) is 11.8 Å². The van der Waals surface area contributed by atoms with Crippen molar-refractivity contribution in [2.75, 3.05) is 13.1 Å². The molecule has 6 heteroatoms. The summed E-state index contributed by atoms with van der Waals surface area (Å²) in [7, 11) is 0. The number of aliphatic carboxylic acids is 1. The predicted molar refractivity (Wildman–Crippen MR) is 103 cm³/mol. The summed E-state index contributed by atoms with van der Waals surface area (Å²) in [5, 5.41) is 12.0. The molecule has 27 heavy (non-hydrogen) atoms. The Hall–Kier alpha value is -2.37. The van der Waals surface area contributed by atoms with Gasteiger partial charge in [-0.15, -0.1) is 0 Å². The Labute approximate surface area is 160 Å². The van der Waals surface area contributed by atoms with E-state index in [-0.39, 0.29) is 23.7 Å². The van der Waals surface area contributed by atoms with Crippen LogP contribution in [-0.2, 0) is 20.8 Å². The molecular formula is C21H30N2O4. The van der Waals surface area contributed by atoms with Crippen molar-refractivity contribution in [2.45, 2.75) is 52.0 Å². The third-order valence-corrected chi connectivity index (χ3v) is 5.47. The van der Waals surface area contributed by atoms with Crippen molar-refractivity contribution in [3.8, 4) is 0 Å². The van der Waals surface area contributed by atoms with Crippen molar-refractivity contribution in [1.82, 2.24) is 10.2 Å². The van der Waals surface area contributed by atoms with Crippen molar-refractivity contribution in [2.24, 2.45) is 11.8 Å². The zero-order valence-corrected chi connectivity index (χ0v) is 16.2. The van der Waals surface area contributed by atoms with Crippen LogP contribution in [0.5, 0.6) is 0 Å². The lowest BCUT2D eigenvalue weighted by Gasteiger charge is -2.32. The van der Waals surface area contributed by atoms with E-state index in [0.29, 0.717) is 38.8 Å². The molecule has 1 aliphatic heterocycles. The van der Waals surface area contributed by atoms with E-state index in [2.05, 4.69) is 5.32 Å². The maximum Gasteiger partial charge on any atom is 0.326 e. The summed E-state index contributed by atoms with van der Waals surface area (Å²) in [6.45, 7) is 4.83. The maximum absolute atomic E-state index is 12.4. The first kappa shape index (κ1) is 20.9. The molecule has 0 aliphatic carbocycles. The number of nitrogens with zero attached hydrogens (tertiary/aromatic N) is 1. The molecule has 0 radical (unpaired) electrons. The highest BCUT2D eigenvalue weighted by molar-refractivity contribution is 5.85. The highest BCUT2D eigenvalue weighted by Gasteiger charge is 2.31. The summed E-state index contributed by atoms with van der Waals surface area (Å²) in [6.07, 6.45) is 3.03. The van der Waals surface area contributed by atoms with Crippen molar-refractivity contribution in [3.05, 3.63) is 35.9 Å². The van der Waals surface area contributed by atoms with Gasteiger partial charge in [-0.25, -0.2) is 4.79 Å². The maximum atomic E-state index is 12.4. The molecule has 1 fully saturated rings. The minimum atomic E-state index is -0.994. The first-order chi connectivity index (χ1) is 12.9. The van der Waals surface area contributed by atoms with E-state index in [1.54, 1.807) is 0 Å². The first-order valence-electron chi connectivity index (χ1n) is 9.77. The van der Waals surface area contributed by atoms with Gasteiger partial charge >= 0.3 is 5.97 Å². The monoisotopic (exact) mass is 374 g/mol. The number of benzene rings is 1. The molecule has 1 heterocycles. The van der Waals surface area contributed by atoms with E-state index in [4.69, 9.17) is 0 Å². The molecule has 2 atom stereocenters. The van der Waals surface area contributed by atoms with E-state index < -0.39 is 12.0 Å². The van der Waals surface area contributed by atoms with Crippen LogP contribution in [0.25, 0.3) is 0 Å². The number of carboxylic acids is 1. The van der Waals surface area contributed by atoms with Gasteiger partial charge in [0, 0.05) is 25.4 Å². The Morgan fingerprint density at radius 2 is 1.81 bits per heavy atom. The molecular weight excluding hydrogens is 344 g/mol. The zero-order chi connectivity index (χ0) is 19.8. The number of likely N-dealkylation sites (tertiary alicyclic amines) is 1. The van der Waals surface area contributed by atoms with E-state index in [1.165, 1.54) is 0 Å². The van der Waals surface area contributed by atoms with E-state index in [9.17, 15) is 19.5 Å². The van der Waals surface area contributed by atoms with Crippen LogP contribution < -0.4 is 5.32 Å². The van der Waals surface area contributed by atoms with Gasteiger partial charge < -0.3 is 15.3 Å². The van der Waals surface area contributed by atoms with Gasteiger partial charge in [0.1, 0.15) is 6.04 Å². The van der Waals surface area contributed by atoms with Gasteiger partial charge in [0.05, 0.1) is 0 Å². The van der Waals surface area contributed by atoms with Crippen LogP contribution >= 0.6 is 0 Å². The van der Waals surface area contributed by atoms with Gasteiger partial charge in [0.15, 0.2) is 0 Å². The number of carboxylic acid groups (broad SMARTS) is 1. The fraction of sp³-hybridized carbons (Fsp3) is 0.571. The van der Waals surface area contributed by atoms with Crippen molar-refractivity contribution < 1.29 is 19.5 Å². The van der Waals surface area contributed by atoms with Crippen LogP contribution in [-0.4, -0.2) is 46.9 Å².